The third-order valence-electron chi connectivity index (χ3n) is 6.82. The van der Waals surface area contributed by atoms with Crippen LogP contribution in [0.25, 0.3) is 0 Å². The number of para-hydroxylation sites is 2. The van der Waals surface area contributed by atoms with Crippen molar-refractivity contribution in [2.24, 2.45) is 0 Å². The Morgan fingerprint density at radius 3 is 1.54 bits per heavy atom. The molecule has 0 spiro atoms. The van der Waals surface area contributed by atoms with Crippen molar-refractivity contribution in [3.8, 4) is 0 Å². The molecule has 2 unspecified atom stereocenters. The molecule has 2 atom stereocenters. The second kappa shape index (κ2) is 7.46. The van der Waals surface area contributed by atoms with E-state index >= 15 is 0 Å². The Morgan fingerprint density at radius 1 is 0.714 bits per heavy atom. The van der Waals surface area contributed by atoms with Crippen LogP contribution in [-0.4, -0.2) is 19.8 Å². The Kier molecular flexibility index (Phi) is 5.16. The summed E-state index contributed by atoms with van der Waals surface area (Å²) < 4.78 is 0. The Balaban J connectivity index is 1.89. The van der Waals surface area contributed by atoms with E-state index in [4.69, 9.17) is 0 Å². The summed E-state index contributed by atoms with van der Waals surface area (Å²) in [6, 6.07) is 14.0. The highest BCUT2D eigenvalue weighted by Crippen LogP contribution is 2.45. The first-order valence-electron chi connectivity index (χ1n) is 11.1. The minimum atomic E-state index is 0.551. The fraction of sp³-hybridized carbons (Fsp3) is 0.538. The molecule has 2 bridgehead atoms. The monoisotopic (exact) mass is 376 g/mol. The minimum absolute atomic E-state index is 0.551. The van der Waals surface area contributed by atoms with Crippen molar-refractivity contribution in [1.82, 2.24) is 0 Å². The molecule has 150 valence electrons. The van der Waals surface area contributed by atoms with Gasteiger partial charge < -0.3 is 9.80 Å². The summed E-state index contributed by atoms with van der Waals surface area (Å²) in [5.41, 5.74) is 9.15. The predicted octanol–water partition coefficient (Wildman–Crippen LogP) is 6.83. The van der Waals surface area contributed by atoms with Gasteiger partial charge in [-0.3, -0.25) is 0 Å². The molecule has 0 amide bonds. The predicted molar refractivity (Wildman–Crippen MR) is 122 cm³/mol. The van der Waals surface area contributed by atoms with Crippen molar-refractivity contribution >= 4 is 11.4 Å². The largest absolute Gasteiger partial charge is 0.352 e. The molecule has 2 heterocycles. The molecule has 28 heavy (non-hydrogen) atoms. The van der Waals surface area contributed by atoms with Gasteiger partial charge in [0.25, 0.3) is 0 Å². The molecule has 1 fully saturated rings. The van der Waals surface area contributed by atoms with Gasteiger partial charge in [0.2, 0.25) is 0 Å². The molecule has 1 saturated heterocycles. The van der Waals surface area contributed by atoms with Gasteiger partial charge in [-0.15, -0.1) is 0 Å². The van der Waals surface area contributed by atoms with Crippen LogP contribution in [0.5, 0.6) is 0 Å². The lowest BCUT2D eigenvalue weighted by molar-refractivity contribution is 0.587. The Labute approximate surface area is 171 Å². The summed E-state index contributed by atoms with van der Waals surface area (Å²) in [5.74, 6) is 2.22. The lowest BCUT2D eigenvalue weighted by atomic mass is 9.82. The third-order valence-corrected chi connectivity index (χ3v) is 6.82. The summed E-state index contributed by atoms with van der Waals surface area (Å²) in [4.78, 5) is 5.30. The highest BCUT2D eigenvalue weighted by molar-refractivity contribution is 5.69. The second-order valence-corrected chi connectivity index (χ2v) is 9.59. The number of anilines is 2. The lowest BCUT2D eigenvalue weighted by Crippen LogP contribution is -2.29. The van der Waals surface area contributed by atoms with E-state index in [1.54, 1.807) is 11.1 Å². The fourth-order valence-corrected chi connectivity index (χ4v) is 5.36. The summed E-state index contributed by atoms with van der Waals surface area (Å²) in [6.07, 6.45) is 1.20. The molecule has 0 radical (unpaired) electrons. The highest BCUT2D eigenvalue weighted by Gasteiger charge is 2.32. The van der Waals surface area contributed by atoms with Gasteiger partial charge in [0, 0.05) is 24.5 Å². The number of hydrogen-bond donors (Lipinski definition) is 0. The van der Waals surface area contributed by atoms with Crippen LogP contribution in [0, 0.1) is 0 Å². The van der Waals surface area contributed by atoms with Crippen LogP contribution in [0.2, 0.25) is 0 Å². The molecule has 2 heteroatoms. The van der Waals surface area contributed by atoms with Crippen LogP contribution < -0.4 is 9.80 Å². The van der Waals surface area contributed by atoms with E-state index in [0.717, 1.165) is 19.8 Å². The van der Waals surface area contributed by atoms with Gasteiger partial charge >= 0.3 is 0 Å². The quantitative estimate of drug-likeness (QED) is 0.567. The number of hydrogen-bond acceptors (Lipinski definition) is 2. The van der Waals surface area contributed by atoms with E-state index in [9.17, 15) is 0 Å². The van der Waals surface area contributed by atoms with Crippen molar-refractivity contribution in [2.45, 2.75) is 71.6 Å². The van der Waals surface area contributed by atoms with E-state index < -0.39 is 0 Å². The molecule has 2 nitrogen and oxygen atoms in total. The SMILES string of the molecule is CC(C)c1cccc2c1N1CCN(C1)c1c(C(C)C)cccc1C(C)CC2C. The normalized spacial score (nSPS) is 21.9. The molecule has 2 aliphatic heterocycles. The van der Waals surface area contributed by atoms with Crippen molar-refractivity contribution in [1.29, 1.82) is 0 Å². The average molecular weight is 377 g/mol. The maximum Gasteiger partial charge on any atom is 0.0904 e. The third kappa shape index (κ3) is 3.21. The maximum atomic E-state index is 2.65. The summed E-state index contributed by atoms with van der Waals surface area (Å²) >= 11 is 0. The molecular weight excluding hydrogens is 340 g/mol. The van der Waals surface area contributed by atoms with E-state index in [2.05, 4.69) is 87.7 Å². The zero-order valence-corrected chi connectivity index (χ0v) is 18.5. The first-order valence-corrected chi connectivity index (χ1v) is 11.1. The van der Waals surface area contributed by atoms with Crippen molar-refractivity contribution < 1.29 is 0 Å². The molecule has 0 N–H and O–H groups in total. The van der Waals surface area contributed by atoms with Crippen LogP contribution in [0.1, 0.15) is 93.9 Å². The molecule has 4 rings (SSSR count). The Hall–Kier alpha value is -1.96. The molecule has 0 aliphatic carbocycles. The van der Waals surface area contributed by atoms with Crippen LogP contribution >= 0.6 is 0 Å². The number of benzene rings is 2. The van der Waals surface area contributed by atoms with Crippen LogP contribution in [0.3, 0.4) is 0 Å². The molecule has 2 aromatic rings. The summed E-state index contributed by atoms with van der Waals surface area (Å²) in [5, 5.41) is 0. The highest BCUT2D eigenvalue weighted by atomic mass is 15.4. The number of rotatable bonds is 2. The van der Waals surface area contributed by atoms with Crippen LogP contribution in [0.4, 0.5) is 11.4 Å². The van der Waals surface area contributed by atoms with E-state index in [0.29, 0.717) is 23.7 Å². The first kappa shape index (κ1) is 19.4. The standard InChI is InChI=1S/C26H36N2/c1-17(2)21-9-7-11-23-19(5)15-20(6)24-12-8-10-22(18(3)4)26(24)28-14-13-27(16-28)25(21)23/h7-12,17-20H,13-16H2,1-6H3. The molecule has 0 aromatic heterocycles. The minimum Gasteiger partial charge on any atom is -0.352 e. The summed E-state index contributed by atoms with van der Waals surface area (Å²) in [7, 11) is 0. The zero-order valence-electron chi connectivity index (χ0n) is 18.5. The van der Waals surface area contributed by atoms with Crippen LogP contribution in [-0.2, 0) is 0 Å². The molecule has 0 saturated carbocycles. The van der Waals surface area contributed by atoms with Gasteiger partial charge in [-0.1, -0.05) is 77.9 Å². The Morgan fingerprint density at radius 2 is 1.14 bits per heavy atom. The van der Waals surface area contributed by atoms with Gasteiger partial charge in [0.05, 0.1) is 6.67 Å². The first-order chi connectivity index (χ1) is 13.4. The van der Waals surface area contributed by atoms with E-state index in [1.807, 2.05) is 0 Å². The number of fused-ring (bicyclic) bond motifs is 6. The van der Waals surface area contributed by atoms with Gasteiger partial charge in [-0.25, -0.2) is 0 Å². The molecule has 2 aliphatic rings. The van der Waals surface area contributed by atoms with Crippen molar-refractivity contribution in [3.63, 3.8) is 0 Å². The maximum absolute atomic E-state index is 2.65. The molecular formula is C26H36N2. The zero-order chi connectivity index (χ0) is 20.0. The van der Waals surface area contributed by atoms with Gasteiger partial charge in [0.1, 0.15) is 0 Å². The van der Waals surface area contributed by atoms with Gasteiger partial charge in [0.15, 0.2) is 0 Å². The van der Waals surface area contributed by atoms with Gasteiger partial charge in [-0.05, 0) is 52.3 Å². The average Bonchev–Trinajstić information content (AvgIpc) is 3.15. The van der Waals surface area contributed by atoms with E-state index in [1.165, 1.54) is 28.9 Å². The van der Waals surface area contributed by atoms with Gasteiger partial charge in [-0.2, -0.15) is 0 Å². The topological polar surface area (TPSA) is 6.48 Å². The second-order valence-electron chi connectivity index (χ2n) is 9.59. The van der Waals surface area contributed by atoms with Crippen molar-refractivity contribution in [3.05, 3.63) is 58.7 Å². The Bertz CT molecular complexity index is 782. The smallest absolute Gasteiger partial charge is 0.0904 e. The van der Waals surface area contributed by atoms with Crippen LogP contribution in [0.15, 0.2) is 36.4 Å². The summed E-state index contributed by atoms with van der Waals surface area (Å²) in [6.45, 7) is 17.4. The number of nitrogens with zero attached hydrogens (tertiary/aromatic N) is 2. The molecule has 2 aromatic carbocycles. The fourth-order valence-electron chi connectivity index (χ4n) is 5.36. The van der Waals surface area contributed by atoms with E-state index in [-0.39, 0.29) is 0 Å². The van der Waals surface area contributed by atoms with Crippen molar-refractivity contribution in [2.75, 3.05) is 29.6 Å². The lowest BCUT2D eigenvalue weighted by Gasteiger charge is -2.34.